The Morgan fingerprint density at radius 3 is 1.43 bits per heavy atom. The molecule has 0 saturated carbocycles. The van der Waals surface area contributed by atoms with Crippen molar-refractivity contribution in [1.29, 1.82) is 0 Å². The fourth-order valence-electron chi connectivity index (χ4n) is 0.618. The monoisotopic (exact) mass is 225 g/mol. The first-order valence-electron chi connectivity index (χ1n) is 4.46. The summed E-state index contributed by atoms with van der Waals surface area (Å²) in [6, 6.07) is 0. The van der Waals surface area contributed by atoms with E-state index in [1.165, 1.54) is 0 Å². The second kappa shape index (κ2) is 15.4. The summed E-state index contributed by atoms with van der Waals surface area (Å²) in [4.78, 5) is 0. The van der Waals surface area contributed by atoms with Gasteiger partial charge in [-0.05, 0) is 0 Å². The van der Waals surface area contributed by atoms with Crippen molar-refractivity contribution in [3.63, 3.8) is 0 Å². The molecule has 0 saturated heterocycles. The van der Waals surface area contributed by atoms with Crippen LogP contribution in [-0.4, -0.2) is 57.0 Å². The van der Waals surface area contributed by atoms with Crippen LogP contribution in [0.2, 0.25) is 0 Å². The molecule has 88 valence electrons. The van der Waals surface area contributed by atoms with E-state index in [2.05, 4.69) is 5.32 Å². The van der Waals surface area contributed by atoms with E-state index >= 15 is 0 Å². The van der Waals surface area contributed by atoms with Crippen LogP contribution in [0, 0.1) is 0 Å². The first-order valence-corrected chi connectivity index (χ1v) is 5.87. The Kier molecular flexibility index (Phi) is 18.1. The van der Waals surface area contributed by atoms with Gasteiger partial charge in [0.2, 0.25) is 0 Å². The van der Waals surface area contributed by atoms with Crippen molar-refractivity contribution < 1.29 is 13.3 Å². The van der Waals surface area contributed by atoms with Crippen molar-refractivity contribution in [2.45, 2.75) is 0 Å². The van der Waals surface area contributed by atoms with E-state index in [4.69, 9.17) is 24.7 Å². The zero-order valence-electron chi connectivity index (χ0n) is 9.29. The molecule has 0 unspecified atom stereocenters. The molecule has 0 heterocycles. The summed E-state index contributed by atoms with van der Waals surface area (Å²) in [5.74, 6) is 0. The van der Waals surface area contributed by atoms with Crippen molar-refractivity contribution >= 4 is 9.53 Å². The van der Waals surface area contributed by atoms with Crippen LogP contribution in [0.5, 0.6) is 0 Å². The van der Waals surface area contributed by atoms with E-state index in [9.17, 15) is 0 Å². The van der Waals surface area contributed by atoms with Gasteiger partial charge in [-0.1, -0.05) is 0 Å². The zero-order chi connectivity index (χ0) is 11.2. The molecule has 14 heavy (non-hydrogen) atoms. The van der Waals surface area contributed by atoms with Gasteiger partial charge >= 0.3 is 9.53 Å². The number of hydrogen-bond acceptors (Lipinski definition) is 6. The summed E-state index contributed by atoms with van der Waals surface area (Å²) in [6.45, 7) is 3.13. The van der Waals surface area contributed by atoms with Crippen LogP contribution in [0.15, 0.2) is 0 Å². The molecule has 0 aliphatic heterocycles. The number of nitrogens with two attached hydrogens (primary N) is 2. The lowest BCUT2D eigenvalue weighted by molar-refractivity contribution is 0.163. The second-order valence-corrected chi connectivity index (χ2v) is 4.31. The molecule has 5 N–H and O–H groups in total. The molecule has 7 heteroatoms. The fourth-order valence-corrected chi connectivity index (χ4v) is 1.20. The van der Waals surface area contributed by atoms with Gasteiger partial charge in [0.1, 0.15) is 0 Å². The Balaban J connectivity index is 0. The molecule has 0 aromatic rings. The Bertz CT molecular complexity index is 86.7. The van der Waals surface area contributed by atoms with Crippen molar-refractivity contribution in [3.8, 4) is 0 Å². The third-order valence-electron chi connectivity index (χ3n) is 1.22. The van der Waals surface area contributed by atoms with Crippen molar-refractivity contribution in [2.24, 2.45) is 11.5 Å². The molecule has 0 bridgehead atoms. The van der Waals surface area contributed by atoms with Crippen molar-refractivity contribution in [2.75, 3.05) is 47.5 Å². The molecule has 0 amide bonds. The summed E-state index contributed by atoms with van der Waals surface area (Å²) in [6.07, 6.45) is 0. The van der Waals surface area contributed by atoms with Crippen LogP contribution < -0.4 is 16.8 Å². The highest BCUT2D eigenvalue weighted by molar-refractivity contribution is 6.36. The summed E-state index contributed by atoms with van der Waals surface area (Å²) in [5.41, 5.74) is 10.3. The maximum Gasteiger partial charge on any atom is 0.483 e. The van der Waals surface area contributed by atoms with Gasteiger partial charge in [0.05, 0.1) is 0 Å². The molecule has 0 aromatic carbocycles. The van der Waals surface area contributed by atoms with E-state index in [-0.39, 0.29) is 0 Å². The standard InChI is InChI=1S/C4H13N3.C3H10O3Si/c5-1-3-7-4-2-6;1-4-7(5-2)6-3/h7H,1-6H2;7H,1-3H3. The average molecular weight is 225 g/mol. The molecule has 0 rings (SSSR count). The molecule has 0 aliphatic carbocycles. The molecule has 0 fully saturated rings. The van der Waals surface area contributed by atoms with Crippen LogP contribution in [0.25, 0.3) is 0 Å². The van der Waals surface area contributed by atoms with E-state index in [0.29, 0.717) is 13.1 Å². The minimum atomic E-state index is -1.67. The molecule has 0 atom stereocenters. The highest BCUT2D eigenvalue weighted by Gasteiger charge is 2.04. The molecular weight excluding hydrogens is 202 g/mol. The van der Waals surface area contributed by atoms with E-state index in [1.54, 1.807) is 21.3 Å². The van der Waals surface area contributed by atoms with Gasteiger partial charge in [0.15, 0.2) is 0 Å². The molecule has 0 spiro atoms. The summed E-state index contributed by atoms with van der Waals surface area (Å²) < 4.78 is 14.2. The largest absolute Gasteiger partial charge is 0.483 e. The molecule has 0 aromatic heterocycles. The van der Waals surface area contributed by atoms with Gasteiger partial charge < -0.3 is 30.1 Å². The van der Waals surface area contributed by atoms with Gasteiger partial charge in [-0.2, -0.15) is 0 Å². The van der Waals surface area contributed by atoms with Crippen LogP contribution in [0.3, 0.4) is 0 Å². The number of rotatable bonds is 7. The van der Waals surface area contributed by atoms with Gasteiger partial charge in [0, 0.05) is 47.5 Å². The average Bonchev–Trinajstić information content (AvgIpc) is 2.22. The van der Waals surface area contributed by atoms with Crippen molar-refractivity contribution in [1.82, 2.24) is 5.32 Å². The normalized spacial score (nSPS) is 9.86. The maximum absolute atomic E-state index is 5.17. The Morgan fingerprint density at radius 1 is 0.929 bits per heavy atom. The zero-order valence-corrected chi connectivity index (χ0v) is 10.4. The van der Waals surface area contributed by atoms with Crippen LogP contribution in [0.1, 0.15) is 0 Å². The molecule has 0 radical (unpaired) electrons. The molecule has 6 nitrogen and oxygen atoms in total. The topological polar surface area (TPSA) is 91.8 Å². The van der Waals surface area contributed by atoms with Gasteiger partial charge in [-0.3, -0.25) is 0 Å². The Morgan fingerprint density at radius 2 is 1.29 bits per heavy atom. The second-order valence-electron chi connectivity index (χ2n) is 2.32. The lowest BCUT2D eigenvalue weighted by Gasteiger charge is -2.05. The Hall–Kier alpha value is -0.0231. The van der Waals surface area contributed by atoms with Crippen LogP contribution in [0.4, 0.5) is 0 Å². The fraction of sp³-hybridized carbons (Fsp3) is 1.00. The first kappa shape index (κ1) is 16.4. The quantitative estimate of drug-likeness (QED) is 0.347. The smallest absolute Gasteiger partial charge is 0.379 e. The van der Waals surface area contributed by atoms with E-state index in [1.807, 2.05) is 0 Å². The summed E-state index contributed by atoms with van der Waals surface area (Å²) in [7, 11) is 3.05. The number of nitrogens with one attached hydrogen (secondary N) is 1. The third kappa shape index (κ3) is 14.5. The van der Waals surface area contributed by atoms with Crippen LogP contribution >= 0.6 is 0 Å². The SMILES string of the molecule is CO[SiH](OC)OC.NCCNCCN. The Labute approximate surface area is 87.9 Å². The highest BCUT2D eigenvalue weighted by atomic mass is 28.3. The minimum Gasteiger partial charge on any atom is -0.379 e. The molecular formula is C7H23N3O3Si. The lowest BCUT2D eigenvalue weighted by Crippen LogP contribution is -2.27. The van der Waals surface area contributed by atoms with E-state index in [0.717, 1.165) is 13.1 Å². The first-order chi connectivity index (χ1) is 6.76. The van der Waals surface area contributed by atoms with Gasteiger partial charge in [-0.25, -0.2) is 0 Å². The van der Waals surface area contributed by atoms with E-state index < -0.39 is 9.53 Å². The van der Waals surface area contributed by atoms with Gasteiger partial charge in [-0.15, -0.1) is 0 Å². The lowest BCUT2D eigenvalue weighted by atomic mass is 10.6. The van der Waals surface area contributed by atoms with Crippen molar-refractivity contribution in [3.05, 3.63) is 0 Å². The van der Waals surface area contributed by atoms with Crippen LogP contribution in [-0.2, 0) is 13.3 Å². The predicted octanol–water partition coefficient (Wildman–Crippen LogP) is -1.86. The minimum absolute atomic E-state index is 0.694. The predicted molar refractivity (Wildman–Crippen MR) is 59.2 cm³/mol. The summed E-state index contributed by atoms with van der Waals surface area (Å²) in [5, 5.41) is 3.03. The molecule has 0 aliphatic rings. The third-order valence-corrected chi connectivity index (χ3v) is 2.37. The number of hydrogen-bond donors (Lipinski definition) is 3. The summed E-state index contributed by atoms with van der Waals surface area (Å²) >= 11 is 0. The maximum atomic E-state index is 5.17. The van der Waals surface area contributed by atoms with Gasteiger partial charge in [0.25, 0.3) is 0 Å². The highest BCUT2D eigenvalue weighted by Crippen LogP contribution is 1.81.